The molecule has 1 N–H and O–H groups in total. The van der Waals surface area contributed by atoms with Crippen molar-refractivity contribution in [2.75, 3.05) is 36.5 Å². The smallest absolute Gasteiger partial charge is 0.237 e. The Hall–Kier alpha value is -2.78. The van der Waals surface area contributed by atoms with E-state index in [0.29, 0.717) is 16.7 Å². The Balaban J connectivity index is 1.36. The Labute approximate surface area is 173 Å². The van der Waals surface area contributed by atoms with Gasteiger partial charge in [-0.2, -0.15) is 0 Å². The molecule has 0 aliphatic carbocycles. The van der Waals surface area contributed by atoms with Crippen LogP contribution in [0.1, 0.15) is 6.92 Å². The van der Waals surface area contributed by atoms with Crippen molar-refractivity contribution in [2.45, 2.75) is 17.3 Å². The van der Waals surface area contributed by atoms with E-state index in [1.54, 1.807) is 12.3 Å². The standard InChI is InChI=1S/C20H23N5O3S/c1-14(29-20-23-22-18(24(20)2)17-4-3-11-28-17)19(26)21-15-5-7-16(8-6-15)25-9-12-27-13-10-25/h3-8,11,14H,9-10,12-13H2,1-2H3,(H,21,26)/t14-/m1/s1. The summed E-state index contributed by atoms with van der Waals surface area (Å²) in [5, 5.41) is 11.6. The van der Waals surface area contributed by atoms with Crippen LogP contribution in [0.2, 0.25) is 0 Å². The molecule has 1 amide bonds. The molecule has 1 saturated heterocycles. The first-order chi connectivity index (χ1) is 14.1. The van der Waals surface area contributed by atoms with Gasteiger partial charge in [0.2, 0.25) is 5.91 Å². The van der Waals surface area contributed by atoms with Crippen molar-refractivity contribution in [3.63, 3.8) is 0 Å². The lowest BCUT2D eigenvalue weighted by molar-refractivity contribution is -0.115. The minimum atomic E-state index is -0.332. The molecule has 3 heterocycles. The van der Waals surface area contributed by atoms with E-state index >= 15 is 0 Å². The van der Waals surface area contributed by atoms with Gasteiger partial charge in [0, 0.05) is 31.5 Å². The van der Waals surface area contributed by atoms with Crippen LogP contribution in [0, 0.1) is 0 Å². The van der Waals surface area contributed by atoms with Gasteiger partial charge < -0.3 is 23.9 Å². The van der Waals surface area contributed by atoms with Crippen molar-refractivity contribution < 1.29 is 13.9 Å². The number of hydrogen-bond acceptors (Lipinski definition) is 7. The molecule has 29 heavy (non-hydrogen) atoms. The molecule has 9 heteroatoms. The van der Waals surface area contributed by atoms with Gasteiger partial charge in [-0.1, -0.05) is 11.8 Å². The second-order valence-electron chi connectivity index (χ2n) is 6.74. The van der Waals surface area contributed by atoms with Gasteiger partial charge in [-0.05, 0) is 43.3 Å². The molecule has 2 aromatic heterocycles. The van der Waals surface area contributed by atoms with Crippen molar-refractivity contribution in [3.8, 4) is 11.6 Å². The third kappa shape index (κ3) is 4.46. The van der Waals surface area contributed by atoms with Crippen LogP contribution in [0.15, 0.2) is 52.2 Å². The third-order valence-electron chi connectivity index (χ3n) is 4.74. The van der Waals surface area contributed by atoms with Crippen LogP contribution in [-0.2, 0) is 16.6 Å². The molecule has 3 aromatic rings. The molecule has 1 atom stereocenters. The Bertz CT molecular complexity index is 949. The van der Waals surface area contributed by atoms with Gasteiger partial charge in [-0.25, -0.2) is 0 Å². The highest BCUT2D eigenvalue weighted by atomic mass is 32.2. The summed E-state index contributed by atoms with van der Waals surface area (Å²) in [7, 11) is 1.86. The van der Waals surface area contributed by atoms with E-state index in [1.807, 2.05) is 48.9 Å². The van der Waals surface area contributed by atoms with Crippen molar-refractivity contribution >= 4 is 29.0 Å². The number of ether oxygens (including phenoxy) is 1. The summed E-state index contributed by atoms with van der Waals surface area (Å²) in [5.41, 5.74) is 1.91. The molecule has 0 saturated carbocycles. The van der Waals surface area contributed by atoms with E-state index in [0.717, 1.165) is 37.7 Å². The summed E-state index contributed by atoms with van der Waals surface area (Å²) < 4.78 is 12.6. The summed E-state index contributed by atoms with van der Waals surface area (Å²) in [5.74, 6) is 1.18. The van der Waals surface area contributed by atoms with Crippen LogP contribution in [-0.4, -0.2) is 52.2 Å². The van der Waals surface area contributed by atoms with Gasteiger partial charge in [0.25, 0.3) is 0 Å². The quantitative estimate of drug-likeness (QED) is 0.622. The SMILES string of the molecule is C[C@@H](Sc1nnc(-c2ccco2)n1C)C(=O)Nc1ccc(N2CCOCC2)cc1. The number of carbonyl (C=O) groups excluding carboxylic acids is 1. The number of morpholine rings is 1. The second kappa shape index (κ2) is 8.71. The summed E-state index contributed by atoms with van der Waals surface area (Å²) in [6.45, 7) is 5.12. The largest absolute Gasteiger partial charge is 0.461 e. The average Bonchev–Trinajstić information content (AvgIpc) is 3.39. The van der Waals surface area contributed by atoms with Gasteiger partial charge in [0.15, 0.2) is 16.7 Å². The first kappa shape index (κ1) is 19.5. The fraction of sp³-hybridized carbons (Fsp3) is 0.350. The lowest BCUT2D eigenvalue weighted by Crippen LogP contribution is -2.36. The Morgan fingerprint density at radius 3 is 2.62 bits per heavy atom. The Kier molecular flexibility index (Phi) is 5.86. The Morgan fingerprint density at radius 2 is 1.93 bits per heavy atom. The topological polar surface area (TPSA) is 85.4 Å². The first-order valence-corrected chi connectivity index (χ1v) is 10.3. The molecule has 1 aromatic carbocycles. The zero-order chi connectivity index (χ0) is 20.2. The van der Waals surface area contributed by atoms with Crippen LogP contribution in [0.5, 0.6) is 0 Å². The normalized spacial score (nSPS) is 15.3. The number of nitrogens with zero attached hydrogens (tertiary/aromatic N) is 4. The number of furan rings is 1. The van der Waals surface area contributed by atoms with Crippen LogP contribution in [0.3, 0.4) is 0 Å². The predicted molar refractivity (Wildman–Crippen MR) is 112 cm³/mol. The molecular weight excluding hydrogens is 390 g/mol. The van der Waals surface area contributed by atoms with Crippen molar-refractivity contribution in [1.29, 1.82) is 0 Å². The van der Waals surface area contributed by atoms with E-state index in [2.05, 4.69) is 20.4 Å². The van der Waals surface area contributed by atoms with Gasteiger partial charge in [-0.15, -0.1) is 10.2 Å². The molecule has 0 radical (unpaired) electrons. The molecule has 1 fully saturated rings. The lowest BCUT2D eigenvalue weighted by atomic mass is 10.2. The molecule has 152 valence electrons. The third-order valence-corrected chi connectivity index (χ3v) is 5.87. The fourth-order valence-electron chi connectivity index (χ4n) is 3.07. The number of aromatic nitrogens is 3. The maximum Gasteiger partial charge on any atom is 0.237 e. The van der Waals surface area contributed by atoms with Crippen LogP contribution >= 0.6 is 11.8 Å². The number of benzene rings is 1. The van der Waals surface area contributed by atoms with Crippen molar-refractivity contribution in [2.24, 2.45) is 7.05 Å². The average molecular weight is 414 g/mol. The van der Waals surface area contributed by atoms with Crippen LogP contribution in [0.25, 0.3) is 11.6 Å². The van der Waals surface area contributed by atoms with Crippen molar-refractivity contribution in [3.05, 3.63) is 42.7 Å². The van der Waals surface area contributed by atoms with E-state index in [-0.39, 0.29) is 11.2 Å². The highest BCUT2D eigenvalue weighted by molar-refractivity contribution is 8.00. The van der Waals surface area contributed by atoms with Crippen LogP contribution in [0.4, 0.5) is 11.4 Å². The number of nitrogens with one attached hydrogen (secondary N) is 1. The molecule has 4 rings (SSSR count). The maximum atomic E-state index is 12.6. The first-order valence-electron chi connectivity index (χ1n) is 9.45. The molecule has 0 spiro atoms. The highest BCUT2D eigenvalue weighted by Crippen LogP contribution is 2.27. The van der Waals surface area contributed by atoms with E-state index in [9.17, 15) is 4.79 Å². The minimum absolute atomic E-state index is 0.0864. The molecule has 0 unspecified atom stereocenters. The zero-order valence-corrected chi connectivity index (χ0v) is 17.2. The Morgan fingerprint density at radius 1 is 1.17 bits per heavy atom. The molecular formula is C20H23N5O3S. The van der Waals surface area contributed by atoms with Gasteiger partial charge in [0.05, 0.1) is 24.7 Å². The number of thioether (sulfide) groups is 1. The second-order valence-corrected chi connectivity index (χ2v) is 8.05. The number of rotatable bonds is 6. The lowest BCUT2D eigenvalue weighted by Gasteiger charge is -2.28. The van der Waals surface area contributed by atoms with Gasteiger partial charge >= 0.3 is 0 Å². The predicted octanol–water partition coefficient (Wildman–Crippen LogP) is 3.03. The highest BCUT2D eigenvalue weighted by Gasteiger charge is 2.20. The van der Waals surface area contributed by atoms with E-state index < -0.39 is 0 Å². The molecule has 1 aliphatic heterocycles. The summed E-state index contributed by atoms with van der Waals surface area (Å²) >= 11 is 1.36. The number of hydrogen-bond donors (Lipinski definition) is 1. The summed E-state index contributed by atoms with van der Waals surface area (Å²) in [6.07, 6.45) is 1.59. The van der Waals surface area contributed by atoms with E-state index in [4.69, 9.17) is 9.15 Å². The summed E-state index contributed by atoms with van der Waals surface area (Å²) in [6, 6.07) is 11.5. The fourth-order valence-corrected chi connectivity index (χ4v) is 3.89. The minimum Gasteiger partial charge on any atom is -0.461 e. The maximum absolute atomic E-state index is 12.6. The van der Waals surface area contributed by atoms with Gasteiger partial charge in [0.1, 0.15) is 0 Å². The van der Waals surface area contributed by atoms with E-state index in [1.165, 1.54) is 11.8 Å². The number of anilines is 2. The zero-order valence-electron chi connectivity index (χ0n) is 16.4. The molecule has 1 aliphatic rings. The number of carbonyl (C=O) groups is 1. The molecule has 8 nitrogen and oxygen atoms in total. The number of amides is 1. The molecule has 0 bridgehead atoms. The monoisotopic (exact) mass is 413 g/mol. The summed E-state index contributed by atoms with van der Waals surface area (Å²) in [4.78, 5) is 14.9. The van der Waals surface area contributed by atoms with Gasteiger partial charge in [-0.3, -0.25) is 4.79 Å². The van der Waals surface area contributed by atoms with Crippen molar-refractivity contribution in [1.82, 2.24) is 14.8 Å². The van der Waals surface area contributed by atoms with Crippen LogP contribution < -0.4 is 10.2 Å².